The predicted molar refractivity (Wildman–Crippen MR) is 87.8 cm³/mol. The Labute approximate surface area is 160 Å². The first kappa shape index (κ1) is 23.4. The zero-order valence-electron chi connectivity index (χ0n) is 13.1. The summed E-state index contributed by atoms with van der Waals surface area (Å²) in [7, 11) is 0. The molecular formula is C20H21ClZr. The van der Waals surface area contributed by atoms with Gasteiger partial charge in [-0.1, -0.05) is 17.2 Å². The largest absolute Gasteiger partial charge is 4.00 e. The first-order valence-corrected chi connectivity index (χ1v) is 6.79. The molecule has 112 valence electrons. The monoisotopic (exact) mass is 386 g/mol. The minimum Gasteiger partial charge on any atom is -1.00 e. The molecule has 0 aromatic heterocycles. The van der Waals surface area contributed by atoms with E-state index in [9.17, 15) is 0 Å². The van der Waals surface area contributed by atoms with Gasteiger partial charge >= 0.3 is 26.2 Å². The topological polar surface area (TPSA) is 0 Å². The molecule has 0 saturated heterocycles. The normalized spacial score (nSPS) is 12.3. The molecule has 0 nitrogen and oxygen atoms in total. The Balaban J connectivity index is 0. The second-order valence-electron chi connectivity index (χ2n) is 4.59. The van der Waals surface area contributed by atoms with E-state index in [0.29, 0.717) is 0 Å². The fraction of sp³-hybridized carbons (Fsp3) is 0.200. The molecule has 0 saturated carbocycles. The number of rotatable bonds is 1. The number of hydrogen-bond donors (Lipinski definition) is 0. The van der Waals surface area contributed by atoms with Gasteiger partial charge in [0.25, 0.3) is 0 Å². The van der Waals surface area contributed by atoms with Gasteiger partial charge in [-0.25, -0.2) is 30.4 Å². The molecule has 0 heterocycles. The van der Waals surface area contributed by atoms with Gasteiger partial charge in [0.2, 0.25) is 0 Å². The van der Waals surface area contributed by atoms with Crippen molar-refractivity contribution >= 4 is 6.08 Å². The Morgan fingerprint density at radius 1 is 0.909 bits per heavy atom. The van der Waals surface area contributed by atoms with Crippen molar-refractivity contribution in [3.63, 3.8) is 0 Å². The number of hydrogen-bond acceptors (Lipinski definition) is 0. The van der Waals surface area contributed by atoms with Crippen LogP contribution in [-0.4, -0.2) is 0 Å². The third kappa shape index (κ3) is 11.7. The van der Waals surface area contributed by atoms with Gasteiger partial charge in [0.1, 0.15) is 0 Å². The van der Waals surface area contributed by atoms with E-state index in [2.05, 4.69) is 56.4 Å². The van der Waals surface area contributed by atoms with Crippen molar-refractivity contribution in [1.29, 1.82) is 0 Å². The van der Waals surface area contributed by atoms with Gasteiger partial charge < -0.3 is 12.4 Å². The maximum atomic E-state index is 5.36. The molecule has 3 rings (SSSR count). The number of allylic oxidation sites excluding steroid dienone is 8. The molecule has 0 aliphatic heterocycles. The van der Waals surface area contributed by atoms with Crippen molar-refractivity contribution in [2.45, 2.75) is 26.7 Å². The summed E-state index contributed by atoms with van der Waals surface area (Å²) in [5.41, 5.74) is 3.62. The van der Waals surface area contributed by atoms with E-state index in [-0.39, 0.29) is 38.6 Å². The Hall–Kier alpha value is -0.907. The van der Waals surface area contributed by atoms with Crippen LogP contribution < -0.4 is 12.4 Å². The first-order chi connectivity index (χ1) is 9.72. The van der Waals surface area contributed by atoms with E-state index in [1.165, 1.54) is 11.1 Å². The molecule has 0 spiro atoms. The Morgan fingerprint density at radius 3 is 1.59 bits per heavy atom. The molecule has 0 atom stereocenters. The molecule has 2 aliphatic rings. The summed E-state index contributed by atoms with van der Waals surface area (Å²) >= 11 is 0. The van der Waals surface area contributed by atoms with Crippen LogP contribution in [0.3, 0.4) is 0 Å². The molecular weight excluding hydrogens is 367 g/mol. The zero-order valence-corrected chi connectivity index (χ0v) is 16.4. The second kappa shape index (κ2) is 15.0. The van der Waals surface area contributed by atoms with Gasteiger partial charge in [-0.3, -0.25) is 18.7 Å². The first-order valence-electron chi connectivity index (χ1n) is 6.79. The minimum atomic E-state index is 0. The molecule has 0 N–H and O–H groups in total. The van der Waals surface area contributed by atoms with Crippen molar-refractivity contribution in [3.8, 4) is 0 Å². The molecule has 22 heavy (non-hydrogen) atoms. The van der Waals surface area contributed by atoms with E-state index in [0.717, 1.165) is 18.4 Å². The Bertz CT molecular complexity index is 474. The van der Waals surface area contributed by atoms with E-state index < -0.39 is 0 Å². The predicted octanol–water partition coefficient (Wildman–Crippen LogP) is 2.36. The van der Waals surface area contributed by atoms with Gasteiger partial charge in [0.15, 0.2) is 0 Å². The maximum absolute atomic E-state index is 5.36. The summed E-state index contributed by atoms with van der Waals surface area (Å²) in [5, 5.41) is 0. The summed E-state index contributed by atoms with van der Waals surface area (Å²) in [6, 6.07) is 6.26. The molecule has 0 fully saturated rings. The average molecular weight is 388 g/mol. The van der Waals surface area contributed by atoms with E-state index in [4.69, 9.17) is 6.58 Å². The molecule has 0 bridgehead atoms. The van der Waals surface area contributed by atoms with Gasteiger partial charge in [0, 0.05) is 0 Å². The third-order valence-electron chi connectivity index (χ3n) is 2.61. The van der Waals surface area contributed by atoms with Crippen molar-refractivity contribution in [2.75, 3.05) is 0 Å². The van der Waals surface area contributed by atoms with E-state index >= 15 is 0 Å². The van der Waals surface area contributed by atoms with Crippen molar-refractivity contribution in [1.82, 2.24) is 0 Å². The van der Waals surface area contributed by atoms with Crippen LogP contribution in [0.25, 0.3) is 6.08 Å². The van der Waals surface area contributed by atoms with Crippen molar-refractivity contribution < 1.29 is 38.6 Å². The van der Waals surface area contributed by atoms with Gasteiger partial charge in [0.05, 0.1) is 0 Å². The number of benzene rings is 1. The van der Waals surface area contributed by atoms with Crippen LogP contribution in [0.2, 0.25) is 0 Å². The maximum Gasteiger partial charge on any atom is 4.00 e. The fourth-order valence-corrected chi connectivity index (χ4v) is 1.79. The molecule has 1 aromatic rings. The van der Waals surface area contributed by atoms with Gasteiger partial charge in [-0.2, -0.15) is 17.7 Å². The second-order valence-corrected chi connectivity index (χ2v) is 4.59. The van der Waals surface area contributed by atoms with Crippen LogP contribution in [0.4, 0.5) is 0 Å². The van der Waals surface area contributed by atoms with Crippen molar-refractivity contribution in [3.05, 3.63) is 90.1 Å². The summed E-state index contributed by atoms with van der Waals surface area (Å²) in [4.78, 5) is 0. The molecule has 2 aliphatic carbocycles. The van der Waals surface area contributed by atoms with Gasteiger partial charge in [-0.15, -0.1) is 25.0 Å². The fourth-order valence-electron chi connectivity index (χ4n) is 1.79. The number of halogens is 1. The van der Waals surface area contributed by atoms with Crippen LogP contribution >= 0.6 is 0 Å². The summed E-state index contributed by atoms with van der Waals surface area (Å²) in [6.07, 6.45) is 21.6. The summed E-state index contributed by atoms with van der Waals surface area (Å²) < 4.78 is 0. The van der Waals surface area contributed by atoms with Crippen LogP contribution in [0.1, 0.15) is 29.5 Å². The molecule has 0 amide bonds. The van der Waals surface area contributed by atoms with Crippen LogP contribution in [0.5, 0.6) is 0 Å². The average Bonchev–Trinajstić information content (AvgIpc) is 3.15. The zero-order chi connectivity index (χ0) is 14.6. The Kier molecular flexibility index (Phi) is 15.9. The molecule has 0 unspecified atom stereocenters. The van der Waals surface area contributed by atoms with Crippen molar-refractivity contribution in [2.24, 2.45) is 0 Å². The third-order valence-corrected chi connectivity index (χ3v) is 2.61. The van der Waals surface area contributed by atoms with E-state index in [1.807, 2.05) is 24.3 Å². The molecule has 1 aromatic carbocycles. The molecule has 0 radical (unpaired) electrons. The minimum absolute atomic E-state index is 0. The van der Waals surface area contributed by atoms with Gasteiger partial charge in [-0.05, 0) is 13.8 Å². The summed E-state index contributed by atoms with van der Waals surface area (Å²) in [6.45, 7) is 9.50. The van der Waals surface area contributed by atoms with Crippen LogP contribution in [0, 0.1) is 32.6 Å². The van der Waals surface area contributed by atoms with E-state index in [1.54, 1.807) is 6.08 Å². The quantitative estimate of drug-likeness (QED) is 0.649. The smallest absolute Gasteiger partial charge is 1.00 e. The SMILES string of the molecule is [C-]1=CC=CC1.[C-]1=CC=CC1.[CH-]=Cc1cc(C)cc(C)c1.[Cl-].[Zr+4]. The molecule has 2 heteroatoms. The van der Waals surface area contributed by atoms with Crippen LogP contribution in [-0.2, 0) is 26.2 Å². The van der Waals surface area contributed by atoms with Crippen LogP contribution in [0.15, 0.2) is 54.7 Å². The number of aryl methyl sites for hydroxylation is 2. The Morgan fingerprint density at radius 2 is 1.36 bits per heavy atom. The summed E-state index contributed by atoms with van der Waals surface area (Å²) in [5.74, 6) is 0. The standard InChI is InChI=1S/C10H11.2C5H5.ClH.Zr/c1-4-10-6-8(2)5-9(3)7-10;2*1-2-4-5-3-1;;/h1,4-7H,2-3H3;2*1-3H,4H2;1H;/q3*-1;;+4/p-1.